The molecular formula is C28H31N3O6. The van der Waals surface area contributed by atoms with Crippen LogP contribution in [-0.4, -0.2) is 54.6 Å². The van der Waals surface area contributed by atoms with Crippen molar-refractivity contribution in [3.05, 3.63) is 89.7 Å². The van der Waals surface area contributed by atoms with E-state index in [2.05, 4.69) is 12.1 Å². The van der Waals surface area contributed by atoms with Gasteiger partial charge in [0.05, 0.1) is 19.0 Å². The first-order valence-electron chi connectivity index (χ1n) is 12.4. The van der Waals surface area contributed by atoms with Crippen molar-refractivity contribution in [2.75, 3.05) is 31.8 Å². The number of carbonyl (C=O) groups is 2. The third kappa shape index (κ3) is 5.13. The van der Waals surface area contributed by atoms with Crippen LogP contribution in [0.25, 0.3) is 0 Å². The van der Waals surface area contributed by atoms with Crippen molar-refractivity contribution in [1.29, 1.82) is 0 Å². The zero-order valence-electron chi connectivity index (χ0n) is 21.3. The van der Waals surface area contributed by atoms with Crippen LogP contribution in [0.3, 0.4) is 0 Å². The maximum absolute atomic E-state index is 13.3. The third-order valence-corrected chi connectivity index (χ3v) is 6.65. The average molecular weight is 506 g/mol. The number of carbonyl (C=O) groups excluding carboxylic acids is 2. The van der Waals surface area contributed by atoms with E-state index >= 15 is 0 Å². The smallest absolute Gasteiger partial charge is 0.352 e. The second-order valence-electron chi connectivity index (χ2n) is 9.56. The summed E-state index contributed by atoms with van der Waals surface area (Å²) in [6.07, 6.45) is 3.39. The molecule has 0 aromatic heterocycles. The Morgan fingerprint density at radius 3 is 2.11 bits per heavy atom. The van der Waals surface area contributed by atoms with Gasteiger partial charge in [-0.1, -0.05) is 48.5 Å². The number of ether oxygens (including phenoxy) is 3. The molecule has 9 heteroatoms. The summed E-state index contributed by atoms with van der Waals surface area (Å²) in [5.74, 6) is -1.66. The van der Waals surface area contributed by atoms with Crippen LogP contribution in [0.15, 0.2) is 84.1 Å². The van der Waals surface area contributed by atoms with Crippen LogP contribution in [-0.2, 0) is 28.6 Å². The minimum atomic E-state index is -1.35. The largest absolute Gasteiger partial charge is 0.454 e. The number of hydroxylamine groups is 2. The second kappa shape index (κ2) is 10.2. The summed E-state index contributed by atoms with van der Waals surface area (Å²) < 4.78 is 17.0. The Labute approximate surface area is 216 Å². The van der Waals surface area contributed by atoms with E-state index in [0.717, 1.165) is 12.8 Å². The molecular weight excluding hydrogens is 474 g/mol. The second-order valence-corrected chi connectivity index (χ2v) is 9.56. The van der Waals surface area contributed by atoms with Gasteiger partial charge in [0.25, 0.3) is 5.79 Å². The van der Waals surface area contributed by atoms with Crippen molar-refractivity contribution in [2.45, 2.75) is 38.4 Å². The first kappa shape index (κ1) is 24.7. The molecule has 3 aliphatic rings. The highest BCUT2D eigenvalue weighted by atomic mass is 16.7. The van der Waals surface area contributed by atoms with Gasteiger partial charge in [0.15, 0.2) is 12.3 Å². The van der Waals surface area contributed by atoms with Gasteiger partial charge in [0, 0.05) is 26.9 Å². The van der Waals surface area contributed by atoms with Gasteiger partial charge < -0.3 is 19.1 Å². The lowest BCUT2D eigenvalue weighted by Gasteiger charge is -2.41. The normalized spacial score (nSPS) is 19.6. The molecule has 194 valence electrons. The molecule has 0 spiro atoms. The van der Waals surface area contributed by atoms with Crippen molar-refractivity contribution < 1.29 is 28.6 Å². The number of benzene rings is 2. The van der Waals surface area contributed by atoms with Gasteiger partial charge in [0.2, 0.25) is 5.88 Å². The maximum atomic E-state index is 13.3. The molecule has 2 aromatic carbocycles. The quantitative estimate of drug-likeness (QED) is 0.328. The summed E-state index contributed by atoms with van der Waals surface area (Å²) in [4.78, 5) is 35.8. The number of esters is 2. The molecule has 0 aliphatic carbocycles. The molecule has 5 rings (SSSR count). The zero-order chi connectivity index (χ0) is 26.0. The van der Waals surface area contributed by atoms with Crippen LogP contribution in [0, 0.1) is 0 Å². The van der Waals surface area contributed by atoms with E-state index in [1.807, 2.05) is 53.4 Å². The van der Waals surface area contributed by atoms with E-state index in [0.29, 0.717) is 36.4 Å². The SMILES string of the molecule is CON1C=C(N(C(=C2C(=O)OC(C)(C)OC2=O)N2CCC(c3ccccc3)CC2)c2ccccc2)OC1. The predicted molar refractivity (Wildman–Crippen MR) is 135 cm³/mol. The molecule has 0 radical (unpaired) electrons. The molecule has 2 fully saturated rings. The average Bonchev–Trinajstić information content (AvgIpc) is 3.37. The zero-order valence-corrected chi connectivity index (χ0v) is 21.3. The van der Waals surface area contributed by atoms with Gasteiger partial charge >= 0.3 is 11.9 Å². The van der Waals surface area contributed by atoms with Crippen LogP contribution < -0.4 is 4.90 Å². The lowest BCUT2D eigenvalue weighted by Crippen LogP contribution is -2.47. The number of hydrogen-bond donors (Lipinski definition) is 0. The predicted octanol–water partition coefficient (Wildman–Crippen LogP) is 4.07. The molecule has 0 amide bonds. The van der Waals surface area contributed by atoms with Gasteiger partial charge in [-0.05, 0) is 36.5 Å². The molecule has 2 saturated heterocycles. The van der Waals surface area contributed by atoms with Crippen molar-refractivity contribution in [2.24, 2.45) is 0 Å². The van der Waals surface area contributed by atoms with Gasteiger partial charge in [-0.3, -0.25) is 9.74 Å². The molecule has 0 atom stereocenters. The molecule has 9 nitrogen and oxygen atoms in total. The minimum absolute atomic E-state index is 0.162. The Kier molecular flexibility index (Phi) is 6.80. The van der Waals surface area contributed by atoms with E-state index in [-0.39, 0.29) is 12.3 Å². The molecule has 2 aromatic rings. The number of hydrogen-bond acceptors (Lipinski definition) is 9. The Balaban J connectivity index is 1.59. The number of likely N-dealkylation sites (tertiary alicyclic amines) is 1. The Hall–Kier alpha value is -3.98. The summed E-state index contributed by atoms with van der Waals surface area (Å²) >= 11 is 0. The number of cyclic esters (lactones) is 2. The topological polar surface area (TPSA) is 80.8 Å². The lowest BCUT2D eigenvalue weighted by molar-refractivity contribution is -0.222. The van der Waals surface area contributed by atoms with Gasteiger partial charge in [0.1, 0.15) is 5.82 Å². The fraction of sp³-hybridized carbons (Fsp3) is 0.357. The Morgan fingerprint density at radius 2 is 1.54 bits per heavy atom. The number of anilines is 1. The van der Waals surface area contributed by atoms with E-state index in [9.17, 15) is 9.59 Å². The maximum Gasteiger partial charge on any atom is 0.352 e. The standard InChI is InChI=1S/C28H31N3O6/c1-28(2)36-26(32)24(27(33)37-28)25(29-16-14-21(15-17-29)20-10-6-4-7-11-20)31(22-12-8-5-9-13-22)23-18-30(34-3)19-35-23/h4-13,18,21H,14-17,19H2,1-3H3. The van der Waals surface area contributed by atoms with Crippen LogP contribution in [0.4, 0.5) is 5.69 Å². The van der Waals surface area contributed by atoms with Crippen LogP contribution >= 0.6 is 0 Å². The first-order valence-corrected chi connectivity index (χ1v) is 12.4. The number of piperidine rings is 1. The molecule has 3 aliphatic heterocycles. The number of rotatable bonds is 6. The molecule has 3 heterocycles. The summed E-state index contributed by atoms with van der Waals surface area (Å²) in [7, 11) is 1.54. The first-order chi connectivity index (χ1) is 17.9. The highest BCUT2D eigenvalue weighted by molar-refractivity contribution is 6.16. The fourth-order valence-corrected chi connectivity index (χ4v) is 4.88. The molecule has 0 N–H and O–H groups in total. The highest BCUT2D eigenvalue weighted by Crippen LogP contribution is 2.37. The molecule has 37 heavy (non-hydrogen) atoms. The van der Waals surface area contributed by atoms with Gasteiger partial charge in [-0.25, -0.2) is 14.7 Å². The summed E-state index contributed by atoms with van der Waals surface area (Å²) in [6.45, 7) is 4.48. The summed E-state index contributed by atoms with van der Waals surface area (Å²) in [6, 6.07) is 19.8. The van der Waals surface area contributed by atoms with Crippen molar-refractivity contribution in [3.8, 4) is 0 Å². The fourth-order valence-electron chi connectivity index (χ4n) is 4.88. The van der Waals surface area contributed by atoms with Gasteiger partial charge in [-0.15, -0.1) is 0 Å². The van der Waals surface area contributed by atoms with Crippen molar-refractivity contribution in [1.82, 2.24) is 9.96 Å². The van der Waals surface area contributed by atoms with Crippen LogP contribution in [0.2, 0.25) is 0 Å². The van der Waals surface area contributed by atoms with E-state index in [1.165, 1.54) is 10.6 Å². The number of para-hydroxylation sites is 1. The third-order valence-electron chi connectivity index (χ3n) is 6.65. The molecule has 0 unspecified atom stereocenters. The molecule has 0 bridgehead atoms. The van der Waals surface area contributed by atoms with E-state index in [1.54, 1.807) is 32.1 Å². The molecule has 0 saturated carbocycles. The Bertz CT molecular complexity index is 1180. The van der Waals surface area contributed by atoms with Gasteiger partial charge in [-0.2, -0.15) is 0 Å². The Morgan fingerprint density at radius 1 is 0.946 bits per heavy atom. The number of nitrogens with zero attached hydrogens (tertiary/aromatic N) is 3. The monoisotopic (exact) mass is 505 g/mol. The van der Waals surface area contributed by atoms with Crippen molar-refractivity contribution in [3.63, 3.8) is 0 Å². The van der Waals surface area contributed by atoms with Crippen LogP contribution in [0.5, 0.6) is 0 Å². The lowest BCUT2D eigenvalue weighted by atomic mass is 9.89. The summed E-state index contributed by atoms with van der Waals surface area (Å²) in [5, 5.41) is 1.52. The van der Waals surface area contributed by atoms with Crippen molar-refractivity contribution >= 4 is 17.6 Å². The van der Waals surface area contributed by atoms with E-state index in [4.69, 9.17) is 19.0 Å². The minimum Gasteiger partial charge on any atom is -0.454 e. The highest BCUT2D eigenvalue weighted by Gasteiger charge is 2.45. The van der Waals surface area contributed by atoms with E-state index < -0.39 is 17.7 Å². The summed E-state index contributed by atoms with van der Waals surface area (Å²) in [5.41, 5.74) is 1.83. The van der Waals surface area contributed by atoms with Crippen LogP contribution in [0.1, 0.15) is 38.2 Å².